The molecule has 0 amide bonds. The van der Waals surface area contributed by atoms with E-state index in [1.54, 1.807) is 0 Å². The van der Waals surface area contributed by atoms with Crippen LogP contribution in [0.4, 0.5) is 0 Å². The number of aromatic nitrogens is 3. The number of aryl methyl sites for hydroxylation is 1. The van der Waals surface area contributed by atoms with E-state index in [0.29, 0.717) is 0 Å². The van der Waals surface area contributed by atoms with E-state index >= 15 is 0 Å². The van der Waals surface area contributed by atoms with Crippen molar-refractivity contribution >= 4 is 49.1 Å². The number of rotatable bonds is 3. The third kappa shape index (κ3) is 1.95. The number of benzene rings is 3. The number of hydrogen-bond donors (Lipinski definition) is 0. The zero-order valence-electron chi connectivity index (χ0n) is 15.4. The average Bonchev–Trinajstić information content (AvgIpc) is 3.22. The van der Waals surface area contributed by atoms with Crippen molar-refractivity contribution in [2.24, 2.45) is 0 Å². The van der Waals surface area contributed by atoms with Gasteiger partial charge >= 0.3 is 5.65 Å². The van der Waals surface area contributed by atoms with E-state index in [1.165, 1.54) is 32.4 Å². The highest BCUT2D eigenvalue weighted by Gasteiger charge is 2.23. The summed E-state index contributed by atoms with van der Waals surface area (Å²) >= 11 is 0. The first-order valence-electron chi connectivity index (χ1n) is 9.67. The van der Waals surface area contributed by atoms with Crippen LogP contribution in [0.25, 0.3) is 49.1 Å². The second kappa shape index (κ2) is 5.68. The number of para-hydroxylation sites is 2. The minimum atomic E-state index is 0.780. The summed E-state index contributed by atoms with van der Waals surface area (Å²) in [5, 5.41) is 11.4. The molecule has 3 nitrogen and oxygen atoms in total. The molecule has 6 aromatic rings. The lowest BCUT2D eigenvalue weighted by Gasteiger charge is -1.97. The molecule has 6 rings (SSSR count). The zero-order valence-corrected chi connectivity index (χ0v) is 15.4. The summed E-state index contributed by atoms with van der Waals surface area (Å²) < 4.78 is 4.44. The molecule has 0 saturated heterocycles. The fourth-order valence-electron chi connectivity index (χ4n) is 4.57. The van der Waals surface area contributed by atoms with Gasteiger partial charge in [-0.25, -0.2) is 4.57 Å². The van der Waals surface area contributed by atoms with Crippen LogP contribution in [0.15, 0.2) is 66.7 Å². The Morgan fingerprint density at radius 3 is 2.61 bits per heavy atom. The van der Waals surface area contributed by atoms with Gasteiger partial charge in [0.1, 0.15) is 5.52 Å². The largest absolute Gasteiger partial charge is 0.308 e. The Morgan fingerprint density at radius 1 is 0.929 bits per heavy atom. The number of imidazole rings is 1. The first-order chi connectivity index (χ1) is 13.9. The van der Waals surface area contributed by atoms with Crippen LogP contribution >= 0.6 is 0 Å². The molecule has 0 aliphatic carbocycles. The summed E-state index contributed by atoms with van der Waals surface area (Å²) in [7, 11) is 0. The molecular weight excluding hydrogens is 342 g/mol. The lowest BCUT2D eigenvalue weighted by Crippen LogP contribution is -2.33. The fourth-order valence-corrected chi connectivity index (χ4v) is 4.57. The van der Waals surface area contributed by atoms with Crippen LogP contribution in [-0.2, 0) is 6.54 Å². The third-order valence-electron chi connectivity index (χ3n) is 5.78. The monoisotopic (exact) mass is 360 g/mol. The van der Waals surface area contributed by atoms with Gasteiger partial charge in [-0.2, -0.15) is 0 Å². The number of unbranched alkanes of at least 4 members (excludes halogenated alkanes) is 1. The maximum Gasteiger partial charge on any atom is 0.308 e. The Bertz CT molecular complexity index is 1540. The first kappa shape index (κ1) is 15.4. The van der Waals surface area contributed by atoms with E-state index < -0.39 is 0 Å². The van der Waals surface area contributed by atoms with Crippen LogP contribution in [0.3, 0.4) is 0 Å². The molecule has 0 unspecified atom stereocenters. The molecular formula is C25H18N3+. The molecule has 132 valence electrons. The van der Waals surface area contributed by atoms with Gasteiger partial charge < -0.3 is 0 Å². The van der Waals surface area contributed by atoms with Gasteiger partial charge in [0, 0.05) is 23.3 Å². The average molecular weight is 360 g/mol. The lowest BCUT2D eigenvalue weighted by atomic mass is 10.1. The van der Waals surface area contributed by atoms with Gasteiger partial charge in [0.2, 0.25) is 5.52 Å². The SMILES string of the molecule is C#CCCC[n+]1c2ccccc2n2nc3c(cc21)c1cccc2cccc3c21. The molecule has 0 radical (unpaired) electrons. The van der Waals surface area contributed by atoms with Gasteiger partial charge in [0.05, 0.1) is 6.54 Å². The topological polar surface area (TPSA) is 21.2 Å². The van der Waals surface area contributed by atoms with Crippen LogP contribution in [0.5, 0.6) is 0 Å². The van der Waals surface area contributed by atoms with Gasteiger partial charge in [0.15, 0.2) is 5.52 Å². The molecule has 3 heteroatoms. The quantitative estimate of drug-likeness (QED) is 0.245. The second-order valence-corrected chi connectivity index (χ2v) is 7.33. The highest BCUT2D eigenvalue weighted by molar-refractivity contribution is 6.29. The minimum absolute atomic E-state index is 0.780. The third-order valence-corrected chi connectivity index (χ3v) is 5.78. The maximum atomic E-state index is 5.48. The molecule has 2 heterocycles. The molecule has 0 spiro atoms. The maximum absolute atomic E-state index is 5.48. The minimum Gasteiger partial charge on any atom is -0.221 e. The van der Waals surface area contributed by atoms with E-state index in [4.69, 9.17) is 11.5 Å². The Balaban J connectivity index is 1.78. The summed E-state index contributed by atoms with van der Waals surface area (Å²) in [6.07, 6.45) is 7.22. The van der Waals surface area contributed by atoms with Crippen LogP contribution < -0.4 is 4.57 Å². The Morgan fingerprint density at radius 2 is 1.75 bits per heavy atom. The van der Waals surface area contributed by atoms with Crippen molar-refractivity contribution in [1.29, 1.82) is 0 Å². The Hall–Kier alpha value is -3.64. The predicted octanol–water partition coefficient (Wildman–Crippen LogP) is 5.09. The molecule has 0 fully saturated rings. The second-order valence-electron chi connectivity index (χ2n) is 7.33. The van der Waals surface area contributed by atoms with E-state index in [0.717, 1.165) is 36.1 Å². The van der Waals surface area contributed by atoms with E-state index in [-0.39, 0.29) is 0 Å². The Labute approximate surface area is 162 Å². The lowest BCUT2D eigenvalue weighted by molar-refractivity contribution is -0.646. The molecule has 0 atom stereocenters. The molecule has 4 aromatic carbocycles. The molecule has 0 aliphatic heterocycles. The van der Waals surface area contributed by atoms with Crippen molar-refractivity contribution in [2.75, 3.05) is 0 Å². The fraction of sp³-hybridized carbons (Fsp3) is 0.120. The summed E-state index contributed by atoms with van der Waals surface area (Å²) in [5.74, 6) is 2.76. The van der Waals surface area contributed by atoms with E-state index in [2.05, 4.69) is 81.7 Å². The van der Waals surface area contributed by atoms with Gasteiger partial charge in [-0.1, -0.05) is 58.1 Å². The van der Waals surface area contributed by atoms with Gasteiger partial charge in [-0.15, -0.1) is 12.3 Å². The van der Waals surface area contributed by atoms with E-state index in [1.807, 2.05) is 0 Å². The molecule has 0 aliphatic rings. The van der Waals surface area contributed by atoms with Crippen molar-refractivity contribution < 1.29 is 4.57 Å². The summed E-state index contributed by atoms with van der Waals surface area (Å²) in [4.78, 5) is 0. The molecule has 28 heavy (non-hydrogen) atoms. The van der Waals surface area contributed by atoms with Crippen LogP contribution in [0, 0.1) is 12.3 Å². The molecule has 0 N–H and O–H groups in total. The summed E-state index contributed by atoms with van der Waals surface area (Å²) in [6.45, 7) is 0.888. The smallest absolute Gasteiger partial charge is 0.221 e. The number of hydrogen-bond acceptors (Lipinski definition) is 1. The van der Waals surface area contributed by atoms with Gasteiger partial charge in [-0.3, -0.25) is 0 Å². The van der Waals surface area contributed by atoms with Crippen LogP contribution in [0.2, 0.25) is 0 Å². The molecule has 0 saturated carbocycles. The summed E-state index contributed by atoms with van der Waals surface area (Å²) in [6, 6.07) is 23.8. The van der Waals surface area contributed by atoms with Crippen molar-refractivity contribution in [3.05, 3.63) is 66.7 Å². The summed E-state index contributed by atoms with van der Waals surface area (Å²) in [5.41, 5.74) is 4.50. The highest BCUT2D eigenvalue weighted by atomic mass is 15.3. The van der Waals surface area contributed by atoms with Crippen molar-refractivity contribution in [3.8, 4) is 12.3 Å². The number of nitrogens with zero attached hydrogens (tertiary/aromatic N) is 3. The molecule has 0 bridgehead atoms. The molecule has 2 aromatic heterocycles. The number of terminal acetylenes is 1. The van der Waals surface area contributed by atoms with Crippen molar-refractivity contribution in [2.45, 2.75) is 19.4 Å². The first-order valence-corrected chi connectivity index (χ1v) is 9.67. The Kier molecular flexibility index (Phi) is 3.13. The highest BCUT2D eigenvalue weighted by Crippen LogP contribution is 2.37. The normalized spacial score (nSPS) is 12.0. The van der Waals surface area contributed by atoms with Crippen molar-refractivity contribution in [1.82, 2.24) is 9.61 Å². The van der Waals surface area contributed by atoms with E-state index in [9.17, 15) is 0 Å². The zero-order chi connectivity index (χ0) is 18.7. The van der Waals surface area contributed by atoms with Crippen LogP contribution in [0.1, 0.15) is 12.8 Å². The van der Waals surface area contributed by atoms with Crippen molar-refractivity contribution in [3.63, 3.8) is 0 Å². The van der Waals surface area contributed by atoms with Gasteiger partial charge in [-0.05, 0) is 34.7 Å². The predicted molar refractivity (Wildman–Crippen MR) is 115 cm³/mol. The standard InChI is InChI=1S/C25H18N3/c1-2-3-6-15-27-21-13-4-5-14-22(21)28-23(27)16-20-18-11-7-9-17-10-8-12-19(24(17)18)25(20)26-28/h1,4-5,7-14,16H,3,6,15H2/q+1. The van der Waals surface area contributed by atoms with Crippen LogP contribution in [-0.4, -0.2) is 9.61 Å². The van der Waals surface area contributed by atoms with Gasteiger partial charge in [0.25, 0.3) is 0 Å². The number of fused-ring (bicyclic) bond motifs is 6.